The molecule has 0 aliphatic heterocycles. The van der Waals surface area contributed by atoms with Gasteiger partial charge in [0.05, 0.1) is 13.2 Å². The predicted molar refractivity (Wildman–Crippen MR) is 51.7 cm³/mol. The molecule has 0 aromatic carbocycles. The molecule has 73 valence electrons. The largest absolute Gasteiger partial charge is 0.379 e. The van der Waals surface area contributed by atoms with E-state index in [1.807, 2.05) is 6.92 Å². The number of rotatable bonds is 6. The molecule has 0 aromatic heterocycles. The van der Waals surface area contributed by atoms with Crippen LogP contribution in [-0.2, 0) is 9.47 Å². The van der Waals surface area contributed by atoms with Gasteiger partial charge in [-0.3, -0.25) is 0 Å². The lowest BCUT2D eigenvalue weighted by atomic mass is 10.5. The van der Waals surface area contributed by atoms with E-state index < -0.39 is 3.79 Å². The van der Waals surface area contributed by atoms with E-state index in [0.29, 0.717) is 26.2 Å². The van der Waals surface area contributed by atoms with Gasteiger partial charge in [0.2, 0.25) is 0 Å². The van der Waals surface area contributed by atoms with Crippen LogP contribution >= 0.6 is 34.8 Å². The number of alkyl halides is 3. The number of halogens is 3. The van der Waals surface area contributed by atoms with Gasteiger partial charge in [0.25, 0.3) is 0 Å². The Morgan fingerprint density at radius 3 is 2.50 bits per heavy atom. The van der Waals surface area contributed by atoms with E-state index in [0.717, 1.165) is 0 Å². The van der Waals surface area contributed by atoms with Crippen molar-refractivity contribution in [1.29, 1.82) is 0 Å². The van der Waals surface area contributed by atoms with Gasteiger partial charge in [-0.2, -0.15) is 0 Å². The molecule has 0 spiro atoms. The lowest BCUT2D eigenvalue weighted by molar-refractivity contribution is 0.0968. The molecule has 0 aliphatic carbocycles. The molecule has 0 unspecified atom stereocenters. The molecule has 2 nitrogen and oxygen atoms in total. The van der Waals surface area contributed by atoms with Crippen molar-refractivity contribution in [2.75, 3.05) is 19.8 Å². The molecule has 0 saturated heterocycles. The summed E-state index contributed by atoms with van der Waals surface area (Å²) in [5.41, 5.74) is 0. The summed E-state index contributed by atoms with van der Waals surface area (Å²) in [5, 5.41) is 0. The smallest absolute Gasteiger partial charge is 0.192 e. The fourth-order valence-corrected chi connectivity index (χ4v) is 0.704. The predicted octanol–water partition coefficient (Wildman–Crippen LogP) is 2.96. The summed E-state index contributed by atoms with van der Waals surface area (Å²) in [6, 6.07) is 0. The standard InChI is InChI=1S/C7H12Cl3O2/c1-2-11-5-6-12-4-3-7(8,9)10/h6H,2-5H2,1H3. The molecule has 0 saturated carbocycles. The second-order valence-electron chi connectivity index (χ2n) is 2.06. The van der Waals surface area contributed by atoms with Gasteiger partial charge in [-0.15, -0.1) is 0 Å². The van der Waals surface area contributed by atoms with Crippen molar-refractivity contribution in [3.8, 4) is 0 Å². The van der Waals surface area contributed by atoms with Crippen molar-refractivity contribution >= 4 is 34.8 Å². The first-order chi connectivity index (χ1) is 5.56. The second-order valence-corrected chi connectivity index (χ2v) is 4.58. The highest BCUT2D eigenvalue weighted by molar-refractivity contribution is 6.67. The van der Waals surface area contributed by atoms with E-state index in [-0.39, 0.29) is 0 Å². The van der Waals surface area contributed by atoms with Crippen LogP contribution in [0.1, 0.15) is 13.3 Å². The van der Waals surface area contributed by atoms with E-state index in [1.54, 1.807) is 6.61 Å². The van der Waals surface area contributed by atoms with Gasteiger partial charge >= 0.3 is 0 Å². The van der Waals surface area contributed by atoms with Crippen LogP contribution in [0.4, 0.5) is 0 Å². The average molecular weight is 235 g/mol. The number of ether oxygens (including phenoxy) is 2. The molecule has 0 aromatic rings. The third-order valence-corrected chi connectivity index (χ3v) is 1.58. The van der Waals surface area contributed by atoms with Crippen molar-refractivity contribution in [3.05, 3.63) is 6.61 Å². The first-order valence-corrected chi connectivity index (χ1v) is 4.77. The maximum Gasteiger partial charge on any atom is 0.192 e. The molecule has 0 atom stereocenters. The van der Waals surface area contributed by atoms with Crippen LogP contribution in [0.5, 0.6) is 0 Å². The molecular weight excluding hydrogens is 222 g/mol. The van der Waals surface area contributed by atoms with Gasteiger partial charge in [-0.05, 0) is 6.92 Å². The molecule has 1 radical (unpaired) electrons. The van der Waals surface area contributed by atoms with Crippen LogP contribution in [0.15, 0.2) is 0 Å². The highest BCUT2D eigenvalue weighted by Crippen LogP contribution is 2.29. The van der Waals surface area contributed by atoms with Gasteiger partial charge in [0.15, 0.2) is 3.79 Å². The van der Waals surface area contributed by atoms with Crippen molar-refractivity contribution in [3.63, 3.8) is 0 Å². The summed E-state index contributed by atoms with van der Waals surface area (Å²) < 4.78 is 8.77. The van der Waals surface area contributed by atoms with Crippen molar-refractivity contribution < 1.29 is 9.47 Å². The van der Waals surface area contributed by atoms with Gasteiger partial charge in [-0.25, -0.2) is 0 Å². The van der Waals surface area contributed by atoms with Crippen LogP contribution in [0, 0.1) is 6.61 Å². The number of hydrogen-bond donors (Lipinski definition) is 0. The monoisotopic (exact) mass is 233 g/mol. The molecule has 0 rings (SSSR count). The molecule has 0 amide bonds. The van der Waals surface area contributed by atoms with Gasteiger partial charge in [0.1, 0.15) is 6.61 Å². The fraction of sp³-hybridized carbons (Fsp3) is 0.857. The molecule has 5 heteroatoms. The molecule has 0 bridgehead atoms. The maximum absolute atomic E-state index is 5.48. The molecule has 0 N–H and O–H groups in total. The normalized spacial score (nSPS) is 12.0. The molecule has 0 aliphatic rings. The van der Waals surface area contributed by atoms with E-state index in [4.69, 9.17) is 44.3 Å². The quantitative estimate of drug-likeness (QED) is 0.520. The van der Waals surface area contributed by atoms with E-state index in [9.17, 15) is 0 Å². The van der Waals surface area contributed by atoms with Crippen LogP contribution in [-0.4, -0.2) is 23.6 Å². The summed E-state index contributed by atoms with van der Waals surface area (Å²) >= 11 is 16.4. The summed E-state index contributed by atoms with van der Waals surface area (Å²) in [5.74, 6) is 0. The minimum absolute atomic E-state index is 0.375. The Kier molecular flexibility index (Phi) is 7.69. The van der Waals surface area contributed by atoms with E-state index >= 15 is 0 Å². The van der Waals surface area contributed by atoms with Crippen LogP contribution < -0.4 is 0 Å². The molecular formula is C7H12Cl3O2. The second kappa shape index (κ2) is 7.22. The summed E-state index contributed by atoms with van der Waals surface area (Å²) in [7, 11) is 0. The Morgan fingerprint density at radius 2 is 2.00 bits per heavy atom. The average Bonchev–Trinajstić information content (AvgIpc) is 1.94. The summed E-state index contributed by atoms with van der Waals surface area (Å²) in [4.78, 5) is 0. The lowest BCUT2D eigenvalue weighted by Gasteiger charge is -2.09. The zero-order valence-electron chi connectivity index (χ0n) is 6.86. The lowest BCUT2D eigenvalue weighted by Crippen LogP contribution is -2.08. The van der Waals surface area contributed by atoms with Crippen LogP contribution in [0.25, 0.3) is 0 Å². The van der Waals surface area contributed by atoms with Gasteiger partial charge in [0, 0.05) is 13.0 Å². The van der Waals surface area contributed by atoms with Crippen molar-refractivity contribution in [1.82, 2.24) is 0 Å². The minimum Gasteiger partial charge on any atom is -0.379 e. The number of hydrogen-bond acceptors (Lipinski definition) is 2. The third-order valence-electron chi connectivity index (χ3n) is 1.01. The Labute approximate surface area is 88.1 Å². The van der Waals surface area contributed by atoms with Gasteiger partial charge in [-0.1, -0.05) is 34.8 Å². The van der Waals surface area contributed by atoms with E-state index in [1.165, 1.54) is 0 Å². The van der Waals surface area contributed by atoms with Crippen LogP contribution in [0.2, 0.25) is 0 Å². The highest BCUT2D eigenvalue weighted by Gasteiger charge is 2.18. The molecule has 0 fully saturated rings. The zero-order chi connectivity index (χ0) is 9.45. The first-order valence-electron chi connectivity index (χ1n) is 3.64. The maximum atomic E-state index is 5.48. The third kappa shape index (κ3) is 10.8. The Morgan fingerprint density at radius 1 is 1.33 bits per heavy atom. The first kappa shape index (κ1) is 12.8. The Balaban J connectivity index is 3.01. The highest BCUT2D eigenvalue weighted by atomic mass is 35.6. The van der Waals surface area contributed by atoms with Crippen molar-refractivity contribution in [2.24, 2.45) is 0 Å². The topological polar surface area (TPSA) is 18.5 Å². The molecule has 12 heavy (non-hydrogen) atoms. The zero-order valence-corrected chi connectivity index (χ0v) is 9.12. The summed E-state index contributed by atoms with van der Waals surface area (Å²) in [6.45, 7) is 5.00. The fourth-order valence-electron chi connectivity index (χ4n) is 0.472. The molecule has 0 heterocycles. The SMILES string of the molecule is CCOC[CH]OCCC(Cl)(Cl)Cl. The minimum atomic E-state index is -1.22. The van der Waals surface area contributed by atoms with Crippen LogP contribution in [0.3, 0.4) is 0 Å². The Hall–Kier alpha value is 0.790. The van der Waals surface area contributed by atoms with E-state index in [2.05, 4.69) is 0 Å². The Bertz CT molecular complexity index is 103. The van der Waals surface area contributed by atoms with Crippen molar-refractivity contribution in [2.45, 2.75) is 17.1 Å². The van der Waals surface area contributed by atoms with Gasteiger partial charge < -0.3 is 9.47 Å². The summed E-state index contributed by atoms with van der Waals surface area (Å²) in [6.07, 6.45) is 0.375.